The average molecular weight is 239 g/mol. The smallest absolute Gasteiger partial charge is 0.313 e. The molecule has 1 aliphatic heterocycles. The number of carboxylic acid groups (broad SMARTS) is 1. The van der Waals surface area contributed by atoms with Crippen LogP contribution in [-0.2, 0) is 4.79 Å². The fraction of sp³-hybridized carbons (Fsp3) is 0.200. The summed E-state index contributed by atoms with van der Waals surface area (Å²) < 4.78 is 0. The molecule has 0 fully saturated rings. The molecule has 1 aromatic carbocycles. The van der Waals surface area contributed by atoms with E-state index in [2.05, 4.69) is 4.99 Å². The molecule has 1 aliphatic rings. The Labute approximate surface area is 96.0 Å². The highest BCUT2D eigenvalue weighted by atomic mass is 32.2. The second-order valence-corrected chi connectivity index (χ2v) is 5.01. The summed E-state index contributed by atoms with van der Waals surface area (Å²) >= 11 is 3.00. The van der Waals surface area contributed by atoms with Crippen molar-refractivity contribution in [1.29, 1.82) is 0 Å². The van der Waals surface area contributed by atoms with Crippen molar-refractivity contribution in [3.8, 4) is 0 Å². The summed E-state index contributed by atoms with van der Waals surface area (Å²) in [6, 6.07) is 7.90. The lowest BCUT2D eigenvalue weighted by Crippen LogP contribution is -2.06. The van der Waals surface area contributed by atoms with Crippen molar-refractivity contribution in [2.75, 3.05) is 11.5 Å². The van der Waals surface area contributed by atoms with E-state index >= 15 is 0 Å². The van der Waals surface area contributed by atoms with Gasteiger partial charge in [-0.1, -0.05) is 23.9 Å². The lowest BCUT2D eigenvalue weighted by atomic mass is 10.3. The Morgan fingerprint density at radius 3 is 3.13 bits per heavy atom. The maximum absolute atomic E-state index is 10.4. The lowest BCUT2D eigenvalue weighted by molar-refractivity contribution is -0.133. The highest BCUT2D eigenvalue weighted by Gasteiger charge is 2.13. The lowest BCUT2D eigenvalue weighted by Gasteiger charge is -2.13. The molecular formula is C10H9NO2S2. The number of para-hydroxylation sites is 1. The summed E-state index contributed by atoms with van der Waals surface area (Å²) in [5.41, 5.74) is 0.946. The Bertz CT molecular complexity index is 418. The minimum atomic E-state index is -0.799. The van der Waals surface area contributed by atoms with Crippen molar-refractivity contribution >= 4 is 40.2 Å². The van der Waals surface area contributed by atoms with Crippen molar-refractivity contribution in [2.24, 2.45) is 4.99 Å². The van der Waals surface area contributed by atoms with Crippen molar-refractivity contribution in [2.45, 2.75) is 4.90 Å². The number of aliphatic carboxylic acids is 1. The van der Waals surface area contributed by atoms with Crippen LogP contribution in [0.25, 0.3) is 0 Å². The van der Waals surface area contributed by atoms with Gasteiger partial charge in [-0.25, -0.2) is 4.99 Å². The van der Waals surface area contributed by atoms with Crippen molar-refractivity contribution in [1.82, 2.24) is 0 Å². The van der Waals surface area contributed by atoms with Gasteiger partial charge in [0.05, 0.1) is 16.5 Å². The van der Waals surface area contributed by atoms with E-state index in [1.165, 1.54) is 11.8 Å². The number of thioether (sulfide) groups is 2. The molecule has 2 rings (SSSR count). The number of hydrogen-bond acceptors (Lipinski definition) is 4. The van der Waals surface area contributed by atoms with E-state index in [0.29, 0.717) is 0 Å². The monoisotopic (exact) mass is 239 g/mol. The van der Waals surface area contributed by atoms with Gasteiger partial charge in [0, 0.05) is 10.6 Å². The van der Waals surface area contributed by atoms with Crippen LogP contribution in [0.1, 0.15) is 0 Å². The Kier molecular flexibility index (Phi) is 3.33. The molecule has 15 heavy (non-hydrogen) atoms. The van der Waals surface area contributed by atoms with E-state index in [1.54, 1.807) is 11.8 Å². The topological polar surface area (TPSA) is 49.7 Å². The van der Waals surface area contributed by atoms with Gasteiger partial charge in [-0.2, -0.15) is 0 Å². The maximum Gasteiger partial charge on any atom is 0.313 e. The average Bonchev–Trinajstić information content (AvgIpc) is 2.26. The number of rotatable bonds is 2. The Morgan fingerprint density at radius 1 is 1.53 bits per heavy atom. The molecule has 0 saturated carbocycles. The first-order chi connectivity index (χ1) is 7.25. The fourth-order valence-corrected chi connectivity index (χ4v) is 2.94. The van der Waals surface area contributed by atoms with Gasteiger partial charge < -0.3 is 5.11 Å². The molecule has 1 N–H and O–H groups in total. The van der Waals surface area contributed by atoms with E-state index in [9.17, 15) is 4.79 Å². The van der Waals surface area contributed by atoms with Crippen molar-refractivity contribution in [3.05, 3.63) is 24.3 Å². The quantitative estimate of drug-likeness (QED) is 0.862. The molecule has 0 atom stereocenters. The van der Waals surface area contributed by atoms with E-state index < -0.39 is 5.97 Å². The van der Waals surface area contributed by atoms with E-state index in [0.717, 1.165) is 21.4 Å². The molecular weight excluding hydrogens is 230 g/mol. The van der Waals surface area contributed by atoms with E-state index in [4.69, 9.17) is 5.11 Å². The Balaban J connectivity index is 2.11. The molecule has 0 spiro atoms. The Morgan fingerprint density at radius 2 is 2.33 bits per heavy atom. The zero-order valence-electron chi connectivity index (χ0n) is 7.84. The summed E-state index contributed by atoms with van der Waals surface area (Å²) in [6.07, 6.45) is 0. The number of carbonyl (C=O) groups is 1. The SMILES string of the molecule is O=C(O)CSC1=Nc2ccccc2SC1. The number of hydrogen-bond donors (Lipinski definition) is 1. The minimum absolute atomic E-state index is 0.0849. The first-order valence-corrected chi connectivity index (χ1v) is 6.37. The number of nitrogens with zero attached hydrogens (tertiary/aromatic N) is 1. The summed E-state index contributed by atoms with van der Waals surface area (Å²) in [7, 11) is 0. The van der Waals surface area contributed by atoms with Crippen LogP contribution in [0.5, 0.6) is 0 Å². The molecule has 0 bridgehead atoms. The molecule has 0 amide bonds. The standard InChI is InChI=1S/C10H9NO2S2/c12-10(13)6-15-9-5-14-8-4-2-1-3-7(8)11-9/h1-4H,5-6H2,(H,12,13). The van der Waals surface area contributed by atoms with Crippen LogP contribution in [0.2, 0.25) is 0 Å². The zero-order chi connectivity index (χ0) is 10.7. The van der Waals surface area contributed by atoms with Crippen LogP contribution in [0, 0.1) is 0 Å². The van der Waals surface area contributed by atoms with Gasteiger partial charge in [-0.15, -0.1) is 11.8 Å². The number of carboxylic acids is 1. The molecule has 5 heteroatoms. The first-order valence-electron chi connectivity index (χ1n) is 4.40. The molecule has 1 heterocycles. The summed E-state index contributed by atoms with van der Waals surface area (Å²) in [6.45, 7) is 0. The molecule has 0 saturated heterocycles. The van der Waals surface area contributed by atoms with E-state index in [-0.39, 0.29) is 5.75 Å². The third-order valence-corrected chi connectivity index (χ3v) is 4.04. The highest BCUT2D eigenvalue weighted by Crippen LogP contribution is 2.35. The van der Waals surface area contributed by atoms with Gasteiger partial charge in [0.15, 0.2) is 0 Å². The third-order valence-electron chi connectivity index (χ3n) is 1.82. The molecule has 78 valence electrons. The predicted octanol–water partition coefficient (Wildman–Crippen LogP) is 2.64. The van der Waals surface area contributed by atoms with E-state index in [1.807, 2.05) is 24.3 Å². The van der Waals surface area contributed by atoms with Crippen LogP contribution in [0.4, 0.5) is 5.69 Å². The molecule has 1 aromatic rings. The van der Waals surface area contributed by atoms with Gasteiger partial charge in [-0.3, -0.25) is 4.79 Å². The normalized spacial score (nSPS) is 14.3. The van der Waals surface area contributed by atoms with Crippen LogP contribution in [0.15, 0.2) is 34.2 Å². The second-order valence-electron chi connectivity index (χ2n) is 2.94. The van der Waals surface area contributed by atoms with Crippen LogP contribution in [-0.4, -0.2) is 27.6 Å². The third kappa shape index (κ3) is 2.76. The van der Waals surface area contributed by atoms with Crippen molar-refractivity contribution < 1.29 is 9.90 Å². The molecule has 0 radical (unpaired) electrons. The highest BCUT2D eigenvalue weighted by molar-refractivity contribution is 8.16. The van der Waals surface area contributed by atoms with Crippen molar-refractivity contribution in [3.63, 3.8) is 0 Å². The summed E-state index contributed by atoms with van der Waals surface area (Å²) in [5.74, 6) is 0.0582. The van der Waals surface area contributed by atoms with Crippen LogP contribution >= 0.6 is 23.5 Å². The van der Waals surface area contributed by atoms with Gasteiger partial charge in [0.2, 0.25) is 0 Å². The molecule has 3 nitrogen and oxygen atoms in total. The largest absolute Gasteiger partial charge is 0.481 e. The van der Waals surface area contributed by atoms with Crippen LogP contribution < -0.4 is 0 Å². The van der Waals surface area contributed by atoms with Gasteiger partial charge in [0.25, 0.3) is 0 Å². The minimum Gasteiger partial charge on any atom is -0.481 e. The number of aliphatic imine (C=N–C) groups is 1. The second kappa shape index (κ2) is 4.72. The summed E-state index contributed by atoms with van der Waals surface area (Å²) in [4.78, 5) is 16.0. The van der Waals surface area contributed by atoms with Gasteiger partial charge in [-0.05, 0) is 12.1 Å². The number of benzene rings is 1. The zero-order valence-corrected chi connectivity index (χ0v) is 9.48. The molecule has 0 aliphatic carbocycles. The molecule has 0 aromatic heterocycles. The molecule has 0 unspecified atom stereocenters. The predicted molar refractivity (Wildman–Crippen MR) is 64.4 cm³/mol. The van der Waals surface area contributed by atoms with Gasteiger partial charge >= 0.3 is 5.97 Å². The van der Waals surface area contributed by atoms with Gasteiger partial charge in [0.1, 0.15) is 0 Å². The first kappa shape index (κ1) is 10.6. The van der Waals surface area contributed by atoms with Crippen LogP contribution in [0.3, 0.4) is 0 Å². The number of fused-ring (bicyclic) bond motifs is 1. The maximum atomic E-state index is 10.4. The Hall–Kier alpha value is -0.940. The summed E-state index contributed by atoms with van der Waals surface area (Å²) in [5, 5.41) is 9.45. The fourth-order valence-electron chi connectivity index (χ4n) is 1.20.